The van der Waals surface area contributed by atoms with Crippen LogP contribution >= 0.6 is 0 Å². The van der Waals surface area contributed by atoms with Crippen LogP contribution in [0, 0.1) is 34.5 Å². The lowest BCUT2D eigenvalue weighted by Gasteiger charge is -2.34. The molecule has 1 saturated heterocycles. The fourth-order valence-corrected chi connectivity index (χ4v) is 2.29. The van der Waals surface area contributed by atoms with E-state index in [2.05, 4.69) is 12.1 Å². The van der Waals surface area contributed by atoms with E-state index in [4.69, 9.17) is 10.5 Å². The first-order valence-corrected chi connectivity index (χ1v) is 4.58. The van der Waals surface area contributed by atoms with Gasteiger partial charge in [-0.3, -0.25) is 0 Å². The third-order valence-electron chi connectivity index (χ3n) is 3.23. The van der Waals surface area contributed by atoms with Crippen molar-refractivity contribution in [1.82, 2.24) is 5.06 Å². The molecular formula is C10H15N3O. The largest absolute Gasteiger partial charge is 0.313 e. The molecule has 0 spiro atoms. The molecule has 4 nitrogen and oxygen atoms in total. The average Bonchev–Trinajstić information content (AvgIpc) is 2.22. The van der Waals surface area contributed by atoms with Crippen molar-refractivity contribution in [2.24, 2.45) is 11.8 Å². The zero-order chi connectivity index (χ0) is 11.1. The number of hydroxylamine groups is 2. The highest BCUT2D eigenvalue weighted by molar-refractivity contribution is 5.20. The summed E-state index contributed by atoms with van der Waals surface area (Å²) in [4.78, 5) is 0. The van der Waals surface area contributed by atoms with Crippen LogP contribution in [0.5, 0.6) is 0 Å². The summed E-state index contributed by atoms with van der Waals surface area (Å²) in [7, 11) is 0. The molecule has 0 saturated carbocycles. The smallest absolute Gasteiger partial charge is 0.0841 e. The van der Waals surface area contributed by atoms with Gasteiger partial charge in [-0.25, -0.2) is 0 Å². The van der Waals surface area contributed by atoms with Crippen LogP contribution in [0.15, 0.2) is 0 Å². The Bertz CT molecular complexity index is 289. The topological polar surface area (TPSA) is 71.0 Å². The van der Waals surface area contributed by atoms with Crippen LogP contribution in [0.1, 0.15) is 27.7 Å². The normalized spacial score (nSPS) is 34.8. The third-order valence-corrected chi connectivity index (χ3v) is 3.23. The van der Waals surface area contributed by atoms with Gasteiger partial charge in [0.15, 0.2) is 0 Å². The van der Waals surface area contributed by atoms with E-state index in [1.807, 2.05) is 0 Å². The molecule has 0 amide bonds. The van der Waals surface area contributed by atoms with Crippen LogP contribution in [-0.4, -0.2) is 21.3 Å². The van der Waals surface area contributed by atoms with Gasteiger partial charge in [-0.2, -0.15) is 15.6 Å². The lowest BCUT2D eigenvalue weighted by atomic mass is 9.79. The highest BCUT2D eigenvalue weighted by atomic mass is 16.5. The summed E-state index contributed by atoms with van der Waals surface area (Å²) in [5.74, 6) is -0.931. The minimum Gasteiger partial charge on any atom is -0.313 e. The van der Waals surface area contributed by atoms with E-state index in [0.717, 1.165) is 5.06 Å². The van der Waals surface area contributed by atoms with Gasteiger partial charge in [0.25, 0.3) is 0 Å². The first-order valence-electron chi connectivity index (χ1n) is 4.58. The highest BCUT2D eigenvalue weighted by Crippen LogP contribution is 2.47. The lowest BCUT2D eigenvalue weighted by Crippen LogP contribution is -2.47. The van der Waals surface area contributed by atoms with Crippen molar-refractivity contribution in [2.45, 2.75) is 38.8 Å². The van der Waals surface area contributed by atoms with Crippen LogP contribution in [0.4, 0.5) is 0 Å². The summed E-state index contributed by atoms with van der Waals surface area (Å²) in [6.07, 6.45) is 0. The van der Waals surface area contributed by atoms with Crippen molar-refractivity contribution in [3.63, 3.8) is 0 Å². The zero-order valence-corrected chi connectivity index (χ0v) is 8.94. The molecular weight excluding hydrogens is 178 g/mol. The van der Waals surface area contributed by atoms with Gasteiger partial charge in [-0.15, -0.1) is 0 Å². The second-order valence-corrected chi connectivity index (χ2v) is 4.83. The van der Waals surface area contributed by atoms with E-state index in [1.54, 1.807) is 27.7 Å². The number of hydrogen-bond donors (Lipinski definition) is 1. The summed E-state index contributed by atoms with van der Waals surface area (Å²) in [6, 6.07) is 4.23. The van der Waals surface area contributed by atoms with Gasteiger partial charge in [0.05, 0.1) is 35.1 Å². The Morgan fingerprint density at radius 2 is 1.29 bits per heavy atom. The monoisotopic (exact) mass is 193 g/mol. The molecule has 1 rings (SSSR count). The van der Waals surface area contributed by atoms with E-state index in [0.29, 0.717) is 0 Å². The van der Waals surface area contributed by atoms with Crippen molar-refractivity contribution in [1.29, 1.82) is 10.5 Å². The molecule has 1 aliphatic heterocycles. The molecule has 0 radical (unpaired) electrons. The number of rotatable bonds is 0. The van der Waals surface area contributed by atoms with Crippen LogP contribution in [0.2, 0.25) is 0 Å². The van der Waals surface area contributed by atoms with Crippen molar-refractivity contribution in [3.8, 4) is 12.1 Å². The average molecular weight is 193 g/mol. The van der Waals surface area contributed by atoms with Gasteiger partial charge in [-0.1, -0.05) is 0 Å². The van der Waals surface area contributed by atoms with Crippen molar-refractivity contribution >= 4 is 0 Å². The number of hydrogen-bond acceptors (Lipinski definition) is 4. The van der Waals surface area contributed by atoms with Gasteiger partial charge < -0.3 is 5.21 Å². The van der Waals surface area contributed by atoms with Gasteiger partial charge in [0.2, 0.25) is 0 Å². The summed E-state index contributed by atoms with van der Waals surface area (Å²) in [5, 5.41) is 29.1. The van der Waals surface area contributed by atoms with E-state index >= 15 is 0 Å². The maximum atomic E-state index is 9.92. The molecule has 2 atom stereocenters. The Morgan fingerprint density at radius 1 is 1.00 bits per heavy atom. The Balaban J connectivity index is 3.24. The van der Waals surface area contributed by atoms with Gasteiger partial charge in [0, 0.05) is 0 Å². The second kappa shape index (κ2) is 2.95. The lowest BCUT2D eigenvalue weighted by molar-refractivity contribution is -0.197. The maximum Gasteiger partial charge on any atom is 0.0841 e. The summed E-state index contributed by atoms with van der Waals surface area (Å²) >= 11 is 0. The highest BCUT2D eigenvalue weighted by Gasteiger charge is 2.59. The van der Waals surface area contributed by atoms with Crippen molar-refractivity contribution in [3.05, 3.63) is 0 Å². The molecule has 0 aromatic heterocycles. The van der Waals surface area contributed by atoms with E-state index < -0.39 is 22.9 Å². The van der Waals surface area contributed by atoms with Crippen LogP contribution in [0.25, 0.3) is 0 Å². The first-order chi connectivity index (χ1) is 6.30. The SMILES string of the molecule is CC1(C)C(C#N)C(C#N)C(C)(C)N1O. The molecule has 1 N–H and O–H groups in total. The Morgan fingerprint density at radius 3 is 1.50 bits per heavy atom. The van der Waals surface area contributed by atoms with Gasteiger partial charge in [0.1, 0.15) is 0 Å². The zero-order valence-electron chi connectivity index (χ0n) is 8.94. The van der Waals surface area contributed by atoms with Gasteiger partial charge >= 0.3 is 0 Å². The van der Waals surface area contributed by atoms with Gasteiger partial charge in [-0.05, 0) is 27.7 Å². The standard InChI is InChI=1S/C10H15N3O/c1-9(2)7(5-11)8(6-12)10(3,4)13(9)14/h7-8,14H,1-4H3. The fraction of sp³-hybridized carbons (Fsp3) is 0.800. The summed E-state index contributed by atoms with van der Waals surface area (Å²) in [6.45, 7) is 7.11. The molecule has 1 heterocycles. The van der Waals surface area contributed by atoms with Crippen molar-refractivity contribution < 1.29 is 5.21 Å². The molecule has 14 heavy (non-hydrogen) atoms. The Labute approximate surface area is 84.3 Å². The molecule has 0 aromatic rings. The molecule has 4 heteroatoms. The first kappa shape index (κ1) is 11.0. The molecule has 2 unspecified atom stereocenters. The Kier molecular flexibility index (Phi) is 2.31. The molecule has 1 aliphatic rings. The summed E-state index contributed by atoms with van der Waals surface area (Å²) < 4.78 is 0. The van der Waals surface area contributed by atoms with Crippen LogP contribution in [0.3, 0.4) is 0 Å². The van der Waals surface area contributed by atoms with E-state index in [-0.39, 0.29) is 0 Å². The molecule has 0 aliphatic carbocycles. The number of nitrogens with zero attached hydrogens (tertiary/aromatic N) is 3. The summed E-state index contributed by atoms with van der Waals surface area (Å²) in [5.41, 5.74) is -1.34. The predicted molar refractivity (Wildman–Crippen MR) is 50.0 cm³/mol. The fourth-order valence-electron chi connectivity index (χ4n) is 2.29. The van der Waals surface area contributed by atoms with E-state index in [9.17, 15) is 5.21 Å². The van der Waals surface area contributed by atoms with Crippen LogP contribution < -0.4 is 0 Å². The molecule has 1 fully saturated rings. The third kappa shape index (κ3) is 1.12. The number of nitriles is 2. The van der Waals surface area contributed by atoms with Crippen molar-refractivity contribution in [2.75, 3.05) is 0 Å². The molecule has 76 valence electrons. The van der Waals surface area contributed by atoms with Crippen LogP contribution in [-0.2, 0) is 0 Å². The maximum absolute atomic E-state index is 9.92. The quantitative estimate of drug-likeness (QED) is 0.633. The minimum absolute atomic E-state index is 0.465. The van der Waals surface area contributed by atoms with E-state index in [1.165, 1.54) is 0 Å². The minimum atomic E-state index is -0.668. The molecule has 0 aromatic carbocycles. The molecule has 0 bridgehead atoms. The second-order valence-electron chi connectivity index (χ2n) is 4.83. The Hall–Kier alpha value is -1.10. The predicted octanol–water partition coefficient (Wildman–Crippen LogP) is 1.53.